The monoisotopic (exact) mass is 346 g/mol. The number of H-pyrrole nitrogens is 1. The van der Waals surface area contributed by atoms with Crippen LogP contribution in [0.1, 0.15) is 16.1 Å². The number of benzene rings is 2. The van der Waals surface area contributed by atoms with Crippen molar-refractivity contribution in [2.75, 3.05) is 0 Å². The van der Waals surface area contributed by atoms with E-state index in [1.165, 1.54) is 12.1 Å². The standard InChI is InChI=1S/C16H12ClFN4O2/c17-11-3-1-2-9(6-11)8-24-13-5-4-10(7-12(13)18)14-15(16(19)23)21-22-20-14/h1-7H,8H2,(H2,19,23)(H,20,21,22). The lowest BCUT2D eigenvalue weighted by atomic mass is 10.1. The third-order valence-electron chi connectivity index (χ3n) is 3.27. The summed E-state index contributed by atoms with van der Waals surface area (Å²) < 4.78 is 19.7. The average Bonchev–Trinajstić information content (AvgIpc) is 3.03. The Labute approximate surface area is 141 Å². The van der Waals surface area contributed by atoms with Crippen LogP contribution in [0.4, 0.5) is 4.39 Å². The molecule has 0 aliphatic carbocycles. The predicted octanol–water partition coefficient (Wildman–Crippen LogP) is 2.94. The summed E-state index contributed by atoms with van der Waals surface area (Å²) in [5.74, 6) is -1.27. The highest BCUT2D eigenvalue weighted by Gasteiger charge is 2.16. The summed E-state index contributed by atoms with van der Waals surface area (Å²) in [6, 6.07) is 11.3. The molecule has 0 aliphatic rings. The van der Waals surface area contributed by atoms with Crippen molar-refractivity contribution in [3.8, 4) is 17.0 Å². The summed E-state index contributed by atoms with van der Waals surface area (Å²) in [6.07, 6.45) is 0. The molecule has 0 saturated carbocycles. The van der Waals surface area contributed by atoms with E-state index in [2.05, 4.69) is 15.4 Å². The number of rotatable bonds is 5. The van der Waals surface area contributed by atoms with Crippen molar-refractivity contribution in [2.45, 2.75) is 6.61 Å². The molecule has 24 heavy (non-hydrogen) atoms. The van der Waals surface area contributed by atoms with Crippen LogP contribution in [0, 0.1) is 5.82 Å². The van der Waals surface area contributed by atoms with Gasteiger partial charge in [0.05, 0.1) is 0 Å². The normalized spacial score (nSPS) is 10.6. The molecule has 0 radical (unpaired) electrons. The number of ether oxygens (including phenoxy) is 1. The minimum atomic E-state index is -0.750. The van der Waals surface area contributed by atoms with Crippen LogP contribution in [0.5, 0.6) is 5.75 Å². The van der Waals surface area contributed by atoms with Crippen molar-refractivity contribution in [3.05, 3.63) is 64.6 Å². The number of hydrogen-bond acceptors (Lipinski definition) is 4. The zero-order valence-corrected chi connectivity index (χ0v) is 13.0. The van der Waals surface area contributed by atoms with Gasteiger partial charge in [0.25, 0.3) is 5.91 Å². The average molecular weight is 347 g/mol. The lowest BCUT2D eigenvalue weighted by molar-refractivity contribution is 0.0996. The summed E-state index contributed by atoms with van der Waals surface area (Å²) in [7, 11) is 0. The van der Waals surface area contributed by atoms with Crippen LogP contribution in [0.3, 0.4) is 0 Å². The molecule has 0 saturated heterocycles. The van der Waals surface area contributed by atoms with E-state index < -0.39 is 11.7 Å². The molecule has 8 heteroatoms. The fraction of sp³-hybridized carbons (Fsp3) is 0.0625. The Bertz CT molecular complexity index is 897. The molecule has 2 aromatic carbocycles. The Morgan fingerprint density at radius 1 is 1.25 bits per heavy atom. The largest absolute Gasteiger partial charge is 0.486 e. The van der Waals surface area contributed by atoms with Crippen LogP contribution in [-0.4, -0.2) is 21.3 Å². The Morgan fingerprint density at radius 3 is 2.79 bits per heavy atom. The highest BCUT2D eigenvalue weighted by atomic mass is 35.5. The van der Waals surface area contributed by atoms with Gasteiger partial charge in [-0.1, -0.05) is 23.7 Å². The van der Waals surface area contributed by atoms with Crippen LogP contribution in [0.15, 0.2) is 42.5 Å². The second-order valence-corrected chi connectivity index (χ2v) is 5.39. The molecule has 3 aromatic rings. The maximum Gasteiger partial charge on any atom is 0.271 e. The van der Waals surface area contributed by atoms with Crippen LogP contribution >= 0.6 is 11.6 Å². The molecule has 3 N–H and O–H groups in total. The maximum absolute atomic E-state index is 14.2. The number of amides is 1. The molecule has 0 bridgehead atoms. The minimum absolute atomic E-state index is 0.0537. The molecular formula is C16H12ClFN4O2. The number of nitrogens with one attached hydrogen (secondary N) is 1. The van der Waals surface area contributed by atoms with E-state index >= 15 is 0 Å². The van der Waals surface area contributed by atoms with Crippen molar-refractivity contribution in [1.29, 1.82) is 0 Å². The predicted molar refractivity (Wildman–Crippen MR) is 86.1 cm³/mol. The Kier molecular flexibility index (Phi) is 4.43. The van der Waals surface area contributed by atoms with Crippen LogP contribution < -0.4 is 10.5 Å². The molecule has 0 fully saturated rings. The van der Waals surface area contributed by atoms with Crippen molar-refractivity contribution < 1.29 is 13.9 Å². The van der Waals surface area contributed by atoms with Gasteiger partial charge in [-0.15, -0.1) is 0 Å². The number of nitrogens with zero attached hydrogens (tertiary/aromatic N) is 2. The number of aromatic nitrogens is 3. The molecule has 0 spiro atoms. The molecule has 122 valence electrons. The lowest BCUT2D eigenvalue weighted by Crippen LogP contribution is -2.12. The van der Waals surface area contributed by atoms with Crippen LogP contribution in [0.2, 0.25) is 5.02 Å². The van der Waals surface area contributed by atoms with Gasteiger partial charge in [0.2, 0.25) is 0 Å². The van der Waals surface area contributed by atoms with Gasteiger partial charge >= 0.3 is 0 Å². The van der Waals surface area contributed by atoms with Crippen LogP contribution in [0.25, 0.3) is 11.3 Å². The third kappa shape index (κ3) is 3.36. The zero-order valence-electron chi connectivity index (χ0n) is 12.3. The first-order chi connectivity index (χ1) is 11.5. The highest BCUT2D eigenvalue weighted by Crippen LogP contribution is 2.26. The van der Waals surface area contributed by atoms with Crippen molar-refractivity contribution >= 4 is 17.5 Å². The minimum Gasteiger partial charge on any atom is -0.486 e. The third-order valence-corrected chi connectivity index (χ3v) is 3.51. The number of nitrogens with two attached hydrogens (primary N) is 1. The summed E-state index contributed by atoms with van der Waals surface area (Å²) in [4.78, 5) is 11.3. The van der Waals surface area contributed by atoms with Gasteiger partial charge < -0.3 is 10.5 Å². The quantitative estimate of drug-likeness (QED) is 0.742. The van der Waals surface area contributed by atoms with Gasteiger partial charge in [-0.25, -0.2) is 4.39 Å². The number of carbonyl (C=O) groups excluding carboxylic acids is 1. The van der Waals surface area contributed by atoms with Crippen molar-refractivity contribution in [3.63, 3.8) is 0 Å². The number of halogens is 2. The molecular weight excluding hydrogens is 335 g/mol. The van der Waals surface area contributed by atoms with E-state index in [-0.39, 0.29) is 23.7 Å². The topological polar surface area (TPSA) is 93.9 Å². The smallest absolute Gasteiger partial charge is 0.271 e. The second-order valence-electron chi connectivity index (χ2n) is 4.95. The van der Waals surface area contributed by atoms with E-state index in [1.54, 1.807) is 24.3 Å². The first kappa shape index (κ1) is 15.9. The molecule has 0 aliphatic heterocycles. The fourth-order valence-corrected chi connectivity index (χ4v) is 2.37. The number of primary amides is 1. The molecule has 3 rings (SSSR count). The van der Waals surface area contributed by atoms with Crippen molar-refractivity contribution in [1.82, 2.24) is 15.4 Å². The molecule has 0 atom stereocenters. The second kappa shape index (κ2) is 6.67. The first-order valence-electron chi connectivity index (χ1n) is 6.92. The molecule has 1 amide bonds. The lowest BCUT2D eigenvalue weighted by Gasteiger charge is -2.08. The molecule has 0 unspecified atom stereocenters. The summed E-state index contributed by atoms with van der Waals surface area (Å²) in [6.45, 7) is 0.174. The Balaban J connectivity index is 1.80. The summed E-state index contributed by atoms with van der Waals surface area (Å²) in [5.41, 5.74) is 6.51. The molecule has 1 heterocycles. The maximum atomic E-state index is 14.2. The molecule has 6 nitrogen and oxygen atoms in total. The van der Waals surface area contributed by atoms with Gasteiger partial charge in [-0.2, -0.15) is 15.4 Å². The van der Waals surface area contributed by atoms with Gasteiger partial charge in [-0.05, 0) is 35.9 Å². The van der Waals surface area contributed by atoms with E-state index in [1.807, 2.05) is 6.07 Å². The number of aromatic amines is 1. The first-order valence-corrected chi connectivity index (χ1v) is 7.30. The number of carbonyl (C=O) groups is 1. The fourth-order valence-electron chi connectivity index (χ4n) is 2.16. The van der Waals surface area contributed by atoms with Crippen LogP contribution in [-0.2, 0) is 6.61 Å². The zero-order chi connectivity index (χ0) is 17.1. The van der Waals surface area contributed by atoms with Gasteiger partial charge in [0, 0.05) is 10.6 Å². The van der Waals surface area contributed by atoms with E-state index in [4.69, 9.17) is 22.1 Å². The molecule has 1 aromatic heterocycles. The van der Waals surface area contributed by atoms with Gasteiger partial charge in [0.15, 0.2) is 17.3 Å². The van der Waals surface area contributed by atoms with Crippen molar-refractivity contribution in [2.24, 2.45) is 5.73 Å². The number of hydrogen-bond donors (Lipinski definition) is 2. The highest BCUT2D eigenvalue weighted by molar-refractivity contribution is 6.30. The summed E-state index contributed by atoms with van der Waals surface area (Å²) >= 11 is 5.89. The Morgan fingerprint density at radius 2 is 2.08 bits per heavy atom. The van der Waals surface area contributed by atoms with Gasteiger partial charge in [0.1, 0.15) is 12.3 Å². The van der Waals surface area contributed by atoms with E-state index in [9.17, 15) is 9.18 Å². The summed E-state index contributed by atoms with van der Waals surface area (Å²) in [5, 5.41) is 10.4. The van der Waals surface area contributed by atoms with Gasteiger partial charge in [-0.3, -0.25) is 4.79 Å². The Hall–Kier alpha value is -2.93. The SMILES string of the molecule is NC(=O)c1n[nH]nc1-c1ccc(OCc2cccc(Cl)c2)c(F)c1. The van der Waals surface area contributed by atoms with E-state index in [0.29, 0.717) is 10.6 Å². The van der Waals surface area contributed by atoms with E-state index in [0.717, 1.165) is 5.56 Å².